The quantitative estimate of drug-likeness (QED) is 0.283. The van der Waals surface area contributed by atoms with Crippen LogP contribution in [0.25, 0.3) is 32.9 Å². The van der Waals surface area contributed by atoms with Crippen LogP contribution in [0.3, 0.4) is 0 Å². The minimum atomic E-state index is -4.60. The van der Waals surface area contributed by atoms with Crippen LogP contribution in [0.5, 0.6) is 0 Å². The molecule has 0 saturated heterocycles. The minimum Gasteiger partial charge on any atom is -0.465 e. The zero-order valence-corrected chi connectivity index (χ0v) is 17.8. The van der Waals surface area contributed by atoms with Gasteiger partial charge < -0.3 is 10.1 Å². The van der Waals surface area contributed by atoms with Gasteiger partial charge in [-0.2, -0.15) is 18.3 Å². The largest absolute Gasteiger partial charge is 0.465 e. The molecular weight excluding hydrogens is 463 g/mol. The Labute approximate surface area is 194 Å². The van der Waals surface area contributed by atoms with Crippen LogP contribution in [0.2, 0.25) is 0 Å². The number of amides is 1. The smallest absolute Gasteiger partial charge is 0.417 e. The highest BCUT2D eigenvalue weighted by molar-refractivity contribution is 5.88. The van der Waals surface area contributed by atoms with E-state index in [4.69, 9.17) is 5.11 Å². The number of hydrogen-bond acceptors (Lipinski definition) is 4. The van der Waals surface area contributed by atoms with Crippen molar-refractivity contribution in [3.05, 3.63) is 87.8 Å². The molecule has 1 amide bonds. The van der Waals surface area contributed by atoms with E-state index in [-0.39, 0.29) is 29.1 Å². The van der Waals surface area contributed by atoms with Gasteiger partial charge in [0.15, 0.2) is 0 Å². The van der Waals surface area contributed by atoms with Crippen molar-refractivity contribution in [1.82, 2.24) is 20.2 Å². The lowest BCUT2D eigenvalue weighted by atomic mass is 9.94. The predicted molar refractivity (Wildman–Crippen MR) is 123 cm³/mol. The highest BCUT2D eigenvalue weighted by atomic mass is 19.4. The van der Waals surface area contributed by atoms with Gasteiger partial charge in [-0.25, -0.2) is 14.9 Å². The number of aromatic nitrogens is 4. The van der Waals surface area contributed by atoms with Gasteiger partial charge in [-0.15, -0.1) is 0 Å². The fourth-order valence-electron chi connectivity index (χ4n) is 4.02. The maximum atomic E-state index is 13.9. The second-order valence-corrected chi connectivity index (χ2v) is 7.85. The second kappa shape index (κ2) is 8.28. The third kappa shape index (κ3) is 4.31. The first-order valence-electron chi connectivity index (χ1n) is 10.4. The summed E-state index contributed by atoms with van der Waals surface area (Å²) in [4.78, 5) is 29.7. The van der Waals surface area contributed by atoms with Gasteiger partial charge in [0.2, 0.25) is 5.95 Å². The topological polar surface area (TPSA) is 124 Å². The van der Waals surface area contributed by atoms with Crippen molar-refractivity contribution < 1.29 is 23.1 Å². The fourth-order valence-corrected chi connectivity index (χ4v) is 4.02. The maximum absolute atomic E-state index is 13.9. The first-order valence-corrected chi connectivity index (χ1v) is 10.4. The molecule has 0 bridgehead atoms. The van der Waals surface area contributed by atoms with E-state index in [2.05, 4.69) is 25.5 Å². The number of nitrogens with one attached hydrogen (secondary N) is 3. The zero-order valence-electron chi connectivity index (χ0n) is 17.8. The highest BCUT2D eigenvalue weighted by Gasteiger charge is 2.34. The van der Waals surface area contributed by atoms with Crippen LogP contribution in [0, 0.1) is 0 Å². The summed E-state index contributed by atoms with van der Waals surface area (Å²) in [6.07, 6.45) is -5.73. The van der Waals surface area contributed by atoms with Crippen LogP contribution in [-0.2, 0) is 12.6 Å². The van der Waals surface area contributed by atoms with Gasteiger partial charge in [0.25, 0.3) is 5.56 Å². The van der Waals surface area contributed by atoms with E-state index in [0.717, 1.165) is 6.07 Å². The molecule has 2 aromatic heterocycles. The number of rotatable bonds is 4. The number of H-pyrrole nitrogens is 2. The van der Waals surface area contributed by atoms with Crippen molar-refractivity contribution in [2.75, 3.05) is 5.32 Å². The standard InChI is InChI=1S/C24H16F3N5O3/c25-24(26,27)17-7-5-12(10-19-14-3-1-2-4-15(14)21(33)32-31-19)9-16(17)13-6-8-18-20(11-13)29-22(28-18)30-23(34)35/h1-9,11H,10H2,(H,32,33)(H,34,35)(H2,28,29,30). The summed E-state index contributed by atoms with van der Waals surface area (Å²) in [5.41, 5.74) is 0.925. The molecule has 176 valence electrons. The first kappa shape index (κ1) is 22.1. The molecule has 0 fully saturated rings. The number of imidazole rings is 1. The monoisotopic (exact) mass is 479 g/mol. The van der Waals surface area contributed by atoms with Crippen LogP contribution in [-0.4, -0.2) is 31.4 Å². The Morgan fingerprint density at radius 3 is 2.54 bits per heavy atom. The molecule has 3 aromatic carbocycles. The molecule has 0 aliphatic heterocycles. The van der Waals surface area contributed by atoms with E-state index < -0.39 is 17.8 Å². The van der Waals surface area contributed by atoms with Gasteiger partial charge in [0.1, 0.15) is 0 Å². The Hall–Kier alpha value is -4.67. The lowest BCUT2D eigenvalue weighted by Gasteiger charge is -2.15. The molecular formula is C24H16F3N5O3. The fraction of sp³-hybridized carbons (Fsp3) is 0.0833. The molecule has 0 saturated carbocycles. The molecule has 0 aliphatic rings. The number of nitrogens with zero attached hydrogens (tertiary/aromatic N) is 2. The summed E-state index contributed by atoms with van der Waals surface area (Å²) in [5.74, 6) is -0.0366. The van der Waals surface area contributed by atoms with Crippen molar-refractivity contribution in [2.24, 2.45) is 0 Å². The molecule has 0 spiro atoms. The van der Waals surface area contributed by atoms with E-state index in [0.29, 0.717) is 33.1 Å². The third-order valence-corrected chi connectivity index (χ3v) is 5.55. The summed E-state index contributed by atoms with van der Waals surface area (Å²) in [5, 5.41) is 18.6. The van der Waals surface area contributed by atoms with Crippen LogP contribution in [0.15, 0.2) is 65.5 Å². The van der Waals surface area contributed by atoms with E-state index in [1.54, 1.807) is 24.3 Å². The number of carbonyl (C=O) groups is 1. The summed E-state index contributed by atoms with van der Waals surface area (Å²) < 4.78 is 41.6. The number of anilines is 1. The summed E-state index contributed by atoms with van der Waals surface area (Å²) in [7, 11) is 0. The van der Waals surface area contributed by atoms with Gasteiger partial charge >= 0.3 is 12.3 Å². The maximum Gasteiger partial charge on any atom is 0.417 e. The van der Waals surface area contributed by atoms with Gasteiger partial charge in [0, 0.05) is 11.8 Å². The SMILES string of the molecule is O=C(O)Nc1nc2ccc(-c3cc(Cc4n[nH]c(=O)c5ccccc45)ccc3C(F)(F)F)cc2[nH]1. The highest BCUT2D eigenvalue weighted by Crippen LogP contribution is 2.38. The van der Waals surface area contributed by atoms with Crippen molar-refractivity contribution >= 4 is 33.8 Å². The number of halogens is 3. The average molecular weight is 479 g/mol. The number of benzene rings is 3. The first-order chi connectivity index (χ1) is 16.7. The number of alkyl halides is 3. The van der Waals surface area contributed by atoms with E-state index >= 15 is 0 Å². The summed E-state index contributed by atoms with van der Waals surface area (Å²) in [6.45, 7) is 0. The molecule has 11 heteroatoms. The van der Waals surface area contributed by atoms with E-state index in [9.17, 15) is 22.8 Å². The Balaban J connectivity index is 1.60. The Kier molecular flexibility index (Phi) is 5.24. The molecule has 0 atom stereocenters. The number of aromatic amines is 2. The van der Waals surface area contributed by atoms with Gasteiger partial charge in [-0.3, -0.25) is 10.1 Å². The van der Waals surface area contributed by atoms with Crippen LogP contribution in [0.1, 0.15) is 16.8 Å². The normalized spacial score (nSPS) is 11.7. The van der Waals surface area contributed by atoms with Crippen molar-refractivity contribution in [2.45, 2.75) is 12.6 Å². The molecule has 5 rings (SSSR count). The van der Waals surface area contributed by atoms with Crippen LogP contribution < -0.4 is 10.9 Å². The lowest BCUT2D eigenvalue weighted by molar-refractivity contribution is -0.137. The van der Waals surface area contributed by atoms with Gasteiger partial charge in [-0.05, 0) is 41.0 Å². The Morgan fingerprint density at radius 1 is 1.03 bits per heavy atom. The van der Waals surface area contributed by atoms with Gasteiger partial charge in [-0.1, -0.05) is 36.4 Å². The minimum absolute atomic E-state index is 0.0366. The molecule has 35 heavy (non-hydrogen) atoms. The molecule has 0 aliphatic carbocycles. The zero-order chi connectivity index (χ0) is 24.7. The van der Waals surface area contributed by atoms with Crippen molar-refractivity contribution in [3.8, 4) is 11.1 Å². The number of carboxylic acid groups (broad SMARTS) is 1. The molecule has 0 radical (unpaired) electrons. The average Bonchev–Trinajstić information content (AvgIpc) is 3.21. The molecule has 8 nitrogen and oxygen atoms in total. The van der Waals surface area contributed by atoms with Crippen molar-refractivity contribution in [1.29, 1.82) is 0 Å². The molecule has 4 N–H and O–H groups in total. The van der Waals surface area contributed by atoms with Crippen LogP contribution >= 0.6 is 0 Å². The molecule has 5 aromatic rings. The van der Waals surface area contributed by atoms with E-state index in [1.807, 2.05) is 0 Å². The summed E-state index contributed by atoms with van der Waals surface area (Å²) in [6, 6.07) is 15.2. The van der Waals surface area contributed by atoms with Crippen molar-refractivity contribution in [3.63, 3.8) is 0 Å². The number of hydrogen-bond donors (Lipinski definition) is 4. The van der Waals surface area contributed by atoms with E-state index in [1.165, 1.54) is 30.3 Å². The summed E-state index contributed by atoms with van der Waals surface area (Å²) >= 11 is 0. The molecule has 2 heterocycles. The Morgan fingerprint density at radius 2 is 1.80 bits per heavy atom. The van der Waals surface area contributed by atoms with Crippen LogP contribution in [0.4, 0.5) is 23.9 Å². The second-order valence-electron chi connectivity index (χ2n) is 7.85. The third-order valence-electron chi connectivity index (χ3n) is 5.55. The molecule has 0 unspecified atom stereocenters. The Bertz CT molecular complexity index is 1660. The predicted octanol–water partition coefficient (Wildman–Crippen LogP) is 5.17. The lowest BCUT2D eigenvalue weighted by Crippen LogP contribution is -2.11. The van der Waals surface area contributed by atoms with Gasteiger partial charge in [0.05, 0.1) is 27.7 Å². The number of fused-ring (bicyclic) bond motifs is 2.